The monoisotopic (exact) mass is 1240 g/mol. The van der Waals surface area contributed by atoms with Crippen molar-refractivity contribution in [2.45, 2.75) is 366 Å². The molecule has 0 saturated carbocycles. The molecule has 3 atom stereocenters. The summed E-state index contributed by atoms with van der Waals surface area (Å²) in [4.78, 5) is 25.6. The zero-order chi connectivity index (χ0) is 63.4. The lowest BCUT2D eigenvalue weighted by molar-refractivity contribution is -0.870. The van der Waals surface area contributed by atoms with Crippen LogP contribution in [0.4, 0.5) is 0 Å². The van der Waals surface area contributed by atoms with Crippen LogP contribution in [0.3, 0.4) is 0 Å². The van der Waals surface area contributed by atoms with E-state index in [-0.39, 0.29) is 12.5 Å². The van der Waals surface area contributed by atoms with E-state index < -0.39 is 26.6 Å². The second-order valence-corrected chi connectivity index (χ2v) is 28.0. The Morgan fingerprint density at radius 2 is 0.713 bits per heavy atom. The van der Waals surface area contributed by atoms with Gasteiger partial charge < -0.3 is 28.8 Å². The normalized spacial score (nSPS) is 14.1. The second-order valence-electron chi connectivity index (χ2n) is 26.6. The van der Waals surface area contributed by atoms with Gasteiger partial charge in [-0.3, -0.25) is 9.36 Å². The Balaban J connectivity index is 3.97. The van der Waals surface area contributed by atoms with Gasteiger partial charge in [-0.05, 0) is 83.5 Å². The van der Waals surface area contributed by atoms with Gasteiger partial charge in [-0.1, -0.05) is 349 Å². The molecule has 2 N–H and O–H groups in total. The first kappa shape index (κ1) is 84.7. The maximum absolute atomic E-state index is 13.0. The molecule has 1 amide bonds. The van der Waals surface area contributed by atoms with Crippen molar-refractivity contribution in [2.24, 2.45) is 0 Å². The summed E-state index contributed by atoms with van der Waals surface area (Å²) >= 11 is 0. The summed E-state index contributed by atoms with van der Waals surface area (Å²) in [5.74, 6) is -0.206. The van der Waals surface area contributed by atoms with Crippen LogP contribution in [0.15, 0.2) is 85.1 Å². The van der Waals surface area contributed by atoms with Crippen LogP contribution in [0, 0.1) is 0 Å². The van der Waals surface area contributed by atoms with Crippen molar-refractivity contribution < 1.29 is 32.9 Å². The molecule has 0 bridgehead atoms. The lowest BCUT2D eigenvalue weighted by Gasteiger charge is -2.29. The average molecular weight is 1240 g/mol. The number of nitrogens with one attached hydrogen (secondary N) is 1. The van der Waals surface area contributed by atoms with E-state index in [4.69, 9.17) is 9.05 Å². The van der Waals surface area contributed by atoms with Crippen LogP contribution >= 0.6 is 7.82 Å². The van der Waals surface area contributed by atoms with Crippen molar-refractivity contribution >= 4 is 13.7 Å². The van der Waals surface area contributed by atoms with Crippen molar-refractivity contribution in [1.29, 1.82) is 0 Å². The first-order valence-corrected chi connectivity index (χ1v) is 38.9. The van der Waals surface area contributed by atoms with E-state index in [1.54, 1.807) is 6.08 Å². The zero-order valence-electron chi connectivity index (χ0n) is 58.2. The lowest BCUT2D eigenvalue weighted by atomic mass is 10.0. The molecule has 0 saturated heterocycles. The van der Waals surface area contributed by atoms with Gasteiger partial charge in [0.25, 0.3) is 7.82 Å². The maximum atomic E-state index is 13.0. The van der Waals surface area contributed by atoms with Crippen LogP contribution in [0.5, 0.6) is 0 Å². The summed E-state index contributed by atoms with van der Waals surface area (Å²) in [6.07, 6.45) is 97.4. The molecule has 0 rings (SSSR count). The number of unbranched alkanes of at least 4 members (excludes halogenated alkanes) is 44. The Kier molecular flexibility index (Phi) is 66.2. The minimum absolute atomic E-state index is 0.00914. The minimum atomic E-state index is -4.62. The van der Waals surface area contributed by atoms with Gasteiger partial charge in [0.05, 0.1) is 39.9 Å². The number of hydrogen-bond donors (Lipinski definition) is 2. The van der Waals surface area contributed by atoms with E-state index in [0.717, 1.165) is 70.6 Å². The number of phosphoric acid groups is 1. The quantitative estimate of drug-likeness (QED) is 0.0272. The van der Waals surface area contributed by atoms with Crippen LogP contribution in [0.2, 0.25) is 0 Å². The van der Waals surface area contributed by atoms with Crippen molar-refractivity contribution in [2.75, 3.05) is 40.9 Å². The first-order chi connectivity index (χ1) is 42.5. The molecule has 3 unspecified atom stereocenters. The van der Waals surface area contributed by atoms with Crippen LogP contribution in [0.1, 0.15) is 354 Å². The molecular formula is C78H145N2O6P. The molecule has 508 valence electrons. The van der Waals surface area contributed by atoms with E-state index in [1.165, 1.54) is 263 Å². The predicted octanol–water partition coefficient (Wildman–Crippen LogP) is 23.6. The molecule has 0 aromatic heterocycles. The fraction of sp³-hybridized carbons (Fsp3) is 0.808. The predicted molar refractivity (Wildman–Crippen MR) is 380 cm³/mol. The SMILES string of the molecule is CC/C=C\C/C=C\C/C=C\C/C=C\CCCCCCCCCCCCCCCCCCCCCCCCCCCCCCC(=O)NC(COP(=O)([O-])OCC[N+](C)(C)C)C(O)/C=C/CC/C=C/CC/C=C/CCCCCCCCCCCCCCCC. The number of nitrogens with zero attached hydrogens (tertiary/aromatic N) is 1. The van der Waals surface area contributed by atoms with E-state index in [9.17, 15) is 19.4 Å². The van der Waals surface area contributed by atoms with Gasteiger partial charge in [-0.25, -0.2) is 0 Å². The van der Waals surface area contributed by atoms with Gasteiger partial charge in [0, 0.05) is 6.42 Å². The molecule has 8 nitrogen and oxygen atoms in total. The lowest BCUT2D eigenvalue weighted by Crippen LogP contribution is -2.45. The summed E-state index contributed by atoms with van der Waals surface area (Å²) in [5.41, 5.74) is 0. The summed E-state index contributed by atoms with van der Waals surface area (Å²) in [6, 6.07) is -0.912. The van der Waals surface area contributed by atoms with Crippen LogP contribution in [-0.4, -0.2) is 68.5 Å². The number of carbonyl (C=O) groups is 1. The number of quaternary nitrogens is 1. The number of rotatable bonds is 69. The van der Waals surface area contributed by atoms with Crippen LogP contribution < -0.4 is 10.2 Å². The highest BCUT2D eigenvalue weighted by Crippen LogP contribution is 2.38. The number of likely N-dealkylation sites (N-methyl/N-ethyl adjacent to an activating group) is 1. The number of aliphatic hydroxyl groups is 1. The molecule has 87 heavy (non-hydrogen) atoms. The Morgan fingerprint density at radius 3 is 1.07 bits per heavy atom. The van der Waals surface area contributed by atoms with E-state index in [2.05, 4.69) is 92.1 Å². The molecule has 0 heterocycles. The van der Waals surface area contributed by atoms with Crippen LogP contribution in [0.25, 0.3) is 0 Å². The zero-order valence-corrected chi connectivity index (χ0v) is 59.1. The van der Waals surface area contributed by atoms with Crippen molar-refractivity contribution in [1.82, 2.24) is 5.32 Å². The third-order valence-corrected chi connectivity index (χ3v) is 17.8. The van der Waals surface area contributed by atoms with E-state index in [0.29, 0.717) is 17.4 Å². The molecule has 0 aliphatic carbocycles. The van der Waals surface area contributed by atoms with E-state index in [1.807, 2.05) is 27.2 Å². The van der Waals surface area contributed by atoms with E-state index >= 15 is 0 Å². The van der Waals surface area contributed by atoms with Crippen molar-refractivity contribution in [3.05, 3.63) is 85.1 Å². The molecular weight excluding hydrogens is 1090 g/mol. The molecule has 0 radical (unpaired) electrons. The van der Waals surface area contributed by atoms with Gasteiger partial charge in [0.1, 0.15) is 13.2 Å². The van der Waals surface area contributed by atoms with Gasteiger partial charge in [0.15, 0.2) is 0 Å². The first-order valence-electron chi connectivity index (χ1n) is 37.4. The number of allylic oxidation sites excluding steroid dienone is 13. The number of carbonyl (C=O) groups excluding carboxylic acids is 1. The van der Waals surface area contributed by atoms with Gasteiger partial charge in [-0.2, -0.15) is 0 Å². The molecule has 0 fully saturated rings. The standard InChI is InChI=1S/C78H145N2O6P/c1-6-8-10-12-14-16-18-20-22-24-26-28-30-32-33-34-35-36-37-38-39-40-41-42-43-44-45-46-47-48-50-52-54-56-58-60-62-64-66-68-70-72-78(82)79-76(75-86-87(83,84)85-74-73-80(3,4)5)77(81)71-69-67-65-63-61-59-57-55-53-51-49-31-29-27-25-23-21-19-17-15-13-11-9-7-2/h8,10,14,16,20,22,26,28,53,55,61,63,69,71,76-77,81H,6-7,9,11-13,15,17-19,21,23-25,27,29-52,54,56-60,62,64-68,70,72-75H2,1-5H3,(H-,79,82,83,84)/b10-8-,16-14-,22-20-,28-26-,55-53+,63-61+,71-69+. The Morgan fingerprint density at radius 1 is 0.414 bits per heavy atom. The summed E-state index contributed by atoms with van der Waals surface area (Å²) in [5, 5.41) is 13.9. The highest BCUT2D eigenvalue weighted by atomic mass is 31.2. The minimum Gasteiger partial charge on any atom is -0.756 e. The third-order valence-electron chi connectivity index (χ3n) is 16.8. The fourth-order valence-corrected chi connectivity index (χ4v) is 11.8. The molecule has 0 spiro atoms. The molecule has 9 heteroatoms. The molecule has 0 aliphatic heterocycles. The Hall–Kier alpha value is -2.32. The number of phosphoric ester groups is 1. The largest absolute Gasteiger partial charge is 0.756 e. The van der Waals surface area contributed by atoms with Crippen LogP contribution in [-0.2, 0) is 18.4 Å². The maximum Gasteiger partial charge on any atom is 0.268 e. The summed E-state index contributed by atoms with van der Waals surface area (Å²) < 4.78 is 23.4. The number of hydrogen-bond acceptors (Lipinski definition) is 6. The highest BCUT2D eigenvalue weighted by Gasteiger charge is 2.23. The molecule has 0 aromatic carbocycles. The number of aliphatic hydroxyl groups excluding tert-OH is 1. The topological polar surface area (TPSA) is 108 Å². The highest BCUT2D eigenvalue weighted by molar-refractivity contribution is 7.45. The summed E-state index contributed by atoms with van der Waals surface area (Å²) in [6.45, 7) is 4.55. The fourth-order valence-electron chi connectivity index (χ4n) is 11.1. The summed E-state index contributed by atoms with van der Waals surface area (Å²) in [7, 11) is 1.25. The molecule has 0 aromatic rings. The van der Waals surface area contributed by atoms with Gasteiger partial charge in [0.2, 0.25) is 5.91 Å². The molecule has 0 aliphatic rings. The van der Waals surface area contributed by atoms with Gasteiger partial charge >= 0.3 is 0 Å². The second kappa shape index (κ2) is 68.1. The van der Waals surface area contributed by atoms with Gasteiger partial charge in [-0.15, -0.1) is 0 Å². The van der Waals surface area contributed by atoms with Crippen molar-refractivity contribution in [3.8, 4) is 0 Å². The smallest absolute Gasteiger partial charge is 0.268 e. The van der Waals surface area contributed by atoms with Crippen molar-refractivity contribution in [3.63, 3.8) is 0 Å². The average Bonchev–Trinajstić information content (AvgIpc) is 3.71. The number of amides is 1. The third kappa shape index (κ3) is 71.0. The Labute approximate surface area is 541 Å². The Bertz CT molecular complexity index is 1700.